The minimum atomic E-state index is -1.06. The fourth-order valence-corrected chi connectivity index (χ4v) is 3.27. The monoisotopic (exact) mass is 375 g/mol. The fraction of sp³-hybridized carbons (Fsp3) is 0. The zero-order chi connectivity index (χ0) is 18.8. The molecule has 0 bridgehead atoms. The lowest BCUT2D eigenvalue weighted by atomic mass is 10.2. The van der Waals surface area contributed by atoms with Gasteiger partial charge in [-0.15, -0.1) is 11.3 Å². The molecule has 0 aliphatic rings. The third kappa shape index (κ3) is 3.28. The van der Waals surface area contributed by atoms with Gasteiger partial charge < -0.3 is 5.11 Å². The summed E-state index contributed by atoms with van der Waals surface area (Å²) in [6.07, 6.45) is 5.27. The minimum absolute atomic E-state index is 0.102. The largest absolute Gasteiger partial charge is 0.478 e. The zero-order valence-electron chi connectivity index (χ0n) is 13.9. The molecular formula is C20H13N3O3S. The van der Waals surface area contributed by atoms with Crippen LogP contribution >= 0.6 is 11.3 Å². The first-order chi connectivity index (χ1) is 13.1. The van der Waals surface area contributed by atoms with E-state index >= 15 is 0 Å². The fourth-order valence-electron chi connectivity index (χ4n) is 2.75. The first-order valence-corrected chi connectivity index (χ1v) is 8.93. The third-order valence-electron chi connectivity index (χ3n) is 4.00. The summed E-state index contributed by atoms with van der Waals surface area (Å²) < 4.78 is 1.42. The van der Waals surface area contributed by atoms with Crippen LogP contribution in [0.2, 0.25) is 0 Å². The number of aromatic nitrogens is 3. The Morgan fingerprint density at radius 3 is 2.74 bits per heavy atom. The number of rotatable bonds is 4. The molecule has 0 aliphatic carbocycles. The van der Waals surface area contributed by atoms with Gasteiger partial charge in [-0.25, -0.2) is 9.78 Å². The smallest absolute Gasteiger partial charge is 0.335 e. The lowest BCUT2D eigenvalue weighted by molar-refractivity contribution is 0.0697. The predicted octanol–water partition coefficient (Wildman–Crippen LogP) is 3.71. The summed E-state index contributed by atoms with van der Waals surface area (Å²) in [7, 11) is 0. The highest BCUT2D eigenvalue weighted by Crippen LogP contribution is 2.17. The molecule has 0 aliphatic heterocycles. The Balaban J connectivity index is 1.98. The van der Waals surface area contributed by atoms with Crippen LogP contribution in [-0.2, 0) is 0 Å². The lowest BCUT2D eigenvalue weighted by Gasteiger charge is -2.12. The van der Waals surface area contributed by atoms with Crippen LogP contribution in [-0.4, -0.2) is 25.6 Å². The molecule has 0 atom stereocenters. The normalized spacial score (nSPS) is 11.3. The lowest BCUT2D eigenvalue weighted by Crippen LogP contribution is -2.22. The number of hydrogen-bond donors (Lipinski definition) is 1. The molecule has 0 amide bonds. The van der Waals surface area contributed by atoms with Gasteiger partial charge in [0.15, 0.2) is 0 Å². The molecule has 0 saturated heterocycles. The van der Waals surface area contributed by atoms with Crippen molar-refractivity contribution < 1.29 is 9.90 Å². The molecule has 27 heavy (non-hydrogen) atoms. The minimum Gasteiger partial charge on any atom is -0.478 e. The van der Waals surface area contributed by atoms with Crippen LogP contribution in [0.4, 0.5) is 0 Å². The molecule has 4 aromatic rings. The van der Waals surface area contributed by atoms with E-state index in [1.165, 1.54) is 28.0 Å². The molecule has 2 heterocycles. The van der Waals surface area contributed by atoms with Crippen molar-refractivity contribution >= 4 is 40.4 Å². The molecule has 4 rings (SSSR count). The van der Waals surface area contributed by atoms with Gasteiger partial charge in [0.1, 0.15) is 5.82 Å². The number of thiazole rings is 1. The second kappa shape index (κ2) is 6.97. The summed E-state index contributed by atoms with van der Waals surface area (Å²) in [6, 6.07) is 13.3. The molecule has 1 N–H and O–H groups in total. The van der Waals surface area contributed by atoms with Crippen LogP contribution in [0.15, 0.2) is 65.0 Å². The van der Waals surface area contributed by atoms with Crippen LogP contribution in [0.1, 0.15) is 21.1 Å². The maximum Gasteiger partial charge on any atom is 0.335 e. The summed E-state index contributed by atoms with van der Waals surface area (Å²) in [5.41, 5.74) is 2.59. The van der Waals surface area contributed by atoms with E-state index in [2.05, 4.69) is 9.97 Å². The Bertz CT molecular complexity index is 1230. The molecule has 6 nitrogen and oxygen atoms in total. The summed E-state index contributed by atoms with van der Waals surface area (Å²) in [5.74, 6) is -0.643. The van der Waals surface area contributed by atoms with E-state index in [-0.39, 0.29) is 11.1 Å². The molecule has 0 unspecified atom stereocenters. The van der Waals surface area contributed by atoms with Crippen molar-refractivity contribution in [3.63, 3.8) is 0 Å². The number of aromatic carboxylic acids is 1. The molecule has 0 radical (unpaired) electrons. The highest BCUT2D eigenvalue weighted by molar-refractivity contribution is 7.10. The predicted molar refractivity (Wildman–Crippen MR) is 105 cm³/mol. The second-order valence-corrected chi connectivity index (χ2v) is 6.64. The number of carboxylic acid groups (broad SMARTS) is 1. The van der Waals surface area contributed by atoms with E-state index in [4.69, 9.17) is 0 Å². The molecule has 2 aromatic carbocycles. The average molecular weight is 375 g/mol. The Hall–Kier alpha value is -3.58. The molecule has 132 valence electrons. The molecule has 7 heteroatoms. The molecule has 0 saturated carbocycles. The van der Waals surface area contributed by atoms with Crippen LogP contribution in [0.25, 0.3) is 28.7 Å². The van der Waals surface area contributed by atoms with E-state index in [1.807, 2.05) is 12.1 Å². The maximum absolute atomic E-state index is 13.1. The van der Waals surface area contributed by atoms with Gasteiger partial charge in [0.25, 0.3) is 5.56 Å². The summed E-state index contributed by atoms with van der Waals surface area (Å²) >= 11 is 1.47. The molecule has 0 spiro atoms. The van der Waals surface area contributed by atoms with Crippen molar-refractivity contribution in [1.29, 1.82) is 0 Å². The molecule has 2 aromatic heterocycles. The van der Waals surface area contributed by atoms with Crippen molar-refractivity contribution in [3.05, 3.63) is 86.9 Å². The van der Waals surface area contributed by atoms with Gasteiger partial charge in [0.2, 0.25) is 0 Å². The third-order valence-corrected chi connectivity index (χ3v) is 4.74. The first-order valence-electron chi connectivity index (χ1n) is 8.05. The van der Waals surface area contributed by atoms with E-state index in [0.717, 1.165) is 4.88 Å². The van der Waals surface area contributed by atoms with Crippen molar-refractivity contribution in [2.75, 3.05) is 0 Å². The van der Waals surface area contributed by atoms with Crippen molar-refractivity contribution in [3.8, 4) is 5.69 Å². The van der Waals surface area contributed by atoms with Crippen molar-refractivity contribution in [1.82, 2.24) is 14.5 Å². The number of fused-ring (bicyclic) bond motifs is 1. The number of nitrogens with zero attached hydrogens (tertiary/aromatic N) is 3. The number of carboxylic acids is 1. The Morgan fingerprint density at radius 2 is 1.96 bits per heavy atom. The van der Waals surface area contributed by atoms with Crippen molar-refractivity contribution in [2.24, 2.45) is 0 Å². The van der Waals surface area contributed by atoms with Gasteiger partial charge in [-0.1, -0.05) is 18.2 Å². The van der Waals surface area contributed by atoms with Crippen LogP contribution in [0.3, 0.4) is 0 Å². The van der Waals surface area contributed by atoms with Gasteiger partial charge in [-0.05, 0) is 42.5 Å². The molecule has 0 fully saturated rings. The average Bonchev–Trinajstić information content (AvgIpc) is 3.20. The second-order valence-electron chi connectivity index (χ2n) is 5.72. The zero-order valence-corrected chi connectivity index (χ0v) is 14.8. The topological polar surface area (TPSA) is 85.1 Å². The van der Waals surface area contributed by atoms with Crippen LogP contribution in [0.5, 0.6) is 0 Å². The number of carbonyl (C=O) groups is 1. The Labute approximate surface area is 157 Å². The Kier molecular flexibility index (Phi) is 4.35. The van der Waals surface area contributed by atoms with E-state index in [1.54, 1.807) is 48.1 Å². The first kappa shape index (κ1) is 16.9. The molecular weight excluding hydrogens is 362 g/mol. The van der Waals surface area contributed by atoms with Gasteiger partial charge in [0, 0.05) is 11.1 Å². The van der Waals surface area contributed by atoms with E-state index < -0.39 is 5.97 Å². The highest BCUT2D eigenvalue weighted by atomic mass is 32.1. The van der Waals surface area contributed by atoms with Gasteiger partial charge in [-0.2, -0.15) is 0 Å². The SMILES string of the molecule is O=C(O)c1cccc(-n2c(/C=C/c3cncs3)nc3ccccc3c2=O)c1. The van der Waals surface area contributed by atoms with Gasteiger partial charge in [0.05, 0.1) is 27.7 Å². The summed E-state index contributed by atoms with van der Waals surface area (Å²) in [4.78, 5) is 34.0. The van der Waals surface area contributed by atoms with Crippen LogP contribution in [0, 0.1) is 0 Å². The van der Waals surface area contributed by atoms with E-state index in [9.17, 15) is 14.7 Å². The number of benzene rings is 2. The van der Waals surface area contributed by atoms with Gasteiger partial charge >= 0.3 is 5.97 Å². The van der Waals surface area contributed by atoms with E-state index in [0.29, 0.717) is 22.4 Å². The quantitative estimate of drug-likeness (QED) is 0.588. The summed E-state index contributed by atoms with van der Waals surface area (Å²) in [6.45, 7) is 0. The number of hydrogen-bond acceptors (Lipinski definition) is 5. The number of para-hydroxylation sites is 1. The summed E-state index contributed by atoms with van der Waals surface area (Å²) in [5, 5.41) is 9.74. The standard InChI is InChI=1S/C20H13N3O3S/c24-19-16-6-1-2-7-17(16)22-18(9-8-15-11-21-12-27-15)23(19)14-5-3-4-13(10-14)20(25)26/h1-12H,(H,25,26)/b9-8+. The van der Waals surface area contributed by atoms with Gasteiger partial charge in [-0.3, -0.25) is 14.3 Å². The maximum atomic E-state index is 13.1. The van der Waals surface area contributed by atoms with Crippen LogP contribution < -0.4 is 5.56 Å². The van der Waals surface area contributed by atoms with Crippen molar-refractivity contribution in [2.45, 2.75) is 0 Å². The highest BCUT2D eigenvalue weighted by Gasteiger charge is 2.12. The Morgan fingerprint density at radius 1 is 1.11 bits per heavy atom.